The molecule has 124 valence electrons. The van der Waals surface area contributed by atoms with E-state index in [0.29, 0.717) is 17.7 Å². The Morgan fingerprint density at radius 2 is 2.00 bits per heavy atom. The smallest absolute Gasteiger partial charge is 0.298 e. The lowest BCUT2D eigenvalue weighted by Gasteiger charge is -2.03. The molecule has 0 saturated heterocycles. The van der Waals surface area contributed by atoms with Crippen LogP contribution in [0, 0.1) is 0 Å². The van der Waals surface area contributed by atoms with Crippen LogP contribution in [0.1, 0.15) is 9.81 Å². The van der Waals surface area contributed by atoms with Crippen molar-refractivity contribution in [3.8, 4) is 17.1 Å². The summed E-state index contributed by atoms with van der Waals surface area (Å²) in [5.41, 5.74) is 5.05. The lowest BCUT2D eigenvalue weighted by Crippen LogP contribution is -2.31. The first-order valence-corrected chi connectivity index (χ1v) is 8.48. The molecule has 0 radical (unpaired) electrons. The van der Waals surface area contributed by atoms with Crippen molar-refractivity contribution in [2.75, 3.05) is 0 Å². The Morgan fingerprint density at radius 3 is 2.88 bits per heavy atom. The van der Waals surface area contributed by atoms with Crippen LogP contribution in [0.5, 0.6) is 0 Å². The predicted octanol–water partition coefficient (Wildman–Crippen LogP) is 3.23. The van der Waals surface area contributed by atoms with Gasteiger partial charge in [-0.15, -0.1) is 0 Å². The fourth-order valence-electron chi connectivity index (χ4n) is 4.06. The molecule has 5 aromatic rings. The number of hydrogen-bond donors (Lipinski definition) is 0. The van der Waals surface area contributed by atoms with Crippen molar-refractivity contribution in [2.24, 2.45) is 6.98 Å². The summed E-state index contributed by atoms with van der Waals surface area (Å²) in [6.07, 6.45) is 5.18. The van der Waals surface area contributed by atoms with Crippen LogP contribution in [0.4, 0.5) is 0 Å². The number of imidazole rings is 1. The Morgan fingerprint density at radius 1 is 1.08 bits per heavy atom. The van der Waals surface area contributed by atoms with E-state index < -0.39 is 6.98 Å². The van der Waals surface area contributed by atoms with Crippen molar-refractivity contribution in [1.82, 2.24) is 19.1 Å². The molecule has 0 unspecified atom stereocenters. The molecule has 0 bridgehead atoms. The van der Waals surface area contributed by atoms with Crippen molar-refractivity contribution in [2.45, 2.75) is 6.54 Å². The maximum absolute atomic E-state index is 8.25. The van der Waals surface area contributed by atoms with Crippen LogP contribution in [-0.2, 0) is 13.5 Å². The minimum Gasteiger partial charge on any atom is -0.307 e. The quantitative estimate of drug-likeness (QED) is 0.431. The van der Waals surface area contributed by atoms with E-state index in [1.54, 1.807) is 24.7 Å². The van der Waals surface area contributed by atoms with Gasteiger partial charge in [-0.3, -0.25) is 9.97 Å². The van der Waals surface area contributed by atoms with Crippen LogP contribution in [0.3, 0.4) is 0 Å². The van der Waals surface area contributed by atoms with Gasteiger partial charge in [0.1, 0.15) is 12.2 Å². The first-order chi connectivity index (χ1) is 14.1. The first kappa shape index (κ1) is 11.2. The number of rotatable bonds is 1. The van der Waals surface area contributed by atoms with Gasteiger partial charge in [0, 0.05) is 29.7 Å². The number of pyridine rings is 2. The van der Waals surface area contributed by atoms with E-state index in [9.17, 15) is 0 Å². The molecule has 5 heterocycles. The van der Waals surface area contributed by atoms with Gasteiger partial charge in [-0.1, -0.05) is 18.2 Å². The first-order valence-electron chi connectivity index (χ1n) is 9.98. The Labute approximate surface area is 154 Å². The SMILES string of the molecule is [2H]C([2H])([2H])n1c2ccncc2c2c1n(-c1ccccc1)c1[n+]2Cc2ncccc2-1. The minimum atomic E-state index is -2.34. The maximum Gasteiger partial charge on any atom is 0.298 e. The maximum atomic E-state index is 8.25. The molecule has 0 atom stereocenters. The van der Waals surface area contributed by atoms with Gasteiger partial charge in [0.2, 0.25) is 5.52 Å². The lowest BCUT2D eigenvalue weighted by atomic mass is 10.2. The molecule has 5 nitrogen and oxygen atoms in total. The Kier molecular flexibility index (Phi) is 2.06. The largest absolute Gasteiger partial charge is 0.307 e. The molecule has 5 heteroatoms. The molecule has 0 amide bonds. The highest BCUT2D eigenvalue weighted by atomic mass is 15.3. The van der Waals surface area contributed by atoms with Crippen molar-refractivity contribution >= 4 is 22.1 Å². The molecule has 26 heavy (non-hydrogen) atoms. The second kappa shape index (κ2) is 4.79. The zero-order chi connectivity index (χ0) is 19.8. The normalized spacial score (nSPS) is 14.8. The fraction of sp³-hybridized carbons (Fsp3) is 0.0952. The van der Waals surface area contributed by atoms with E-state index in [1.807, 2.05) is 47.0 Å². The van der Waals surface area contributed by atoms with E-state index in [4.69, 9.17) is 4.11 Å². The molecule has 0 N–H and O–H groups in total. The summed E-state index contributed by atoms with van der Waals surface area (Å²) in [5.74, 6) is 0.938. The van der Waals surface area contributed by atoms with Crippen LogP contribution in [0.15, 0.2) is 67.1 Å². The Balaban J connectivity index is 1.89. The molecular formula is C21H16N5+. The summed E-state index contributed by atoms with van der Waals surface area (Å²) in [6.45, 7) is -1.74. The van der Waals surface area contributed by atoms with Crippen molar-refractivity contribution < 1.29 is 8.68 Å². The fourth-order valence-corrected chi connectivity index (χ4v) is 4.06. The summed E-state index contributed by atoms with van der Waals surface area (Å²) in [4.78, 5) is 8.84. The number of benzene rings is 1. The molecule has 0 fully saturated rings. The molecule has 4 aromatic heterocycles. The standard InChI is InChI=1S/C21H16N5/c1-24-18-9-11-22-12-16(18)19-21(24)26(14-6-3-2-4-7-14)20-15-8-5-10-23-17(15)13-25(19)20/h2-12H,13H2,1H3/q+1/i1D3. The van der Waals surface area contributed by atoms with E-state index in [2.05, 4.69) is 14.5 Å². The number of fused-ring (bicyclic) bond motifs is 7. The number of aromatic nitrogens is 5. The topological polar surface area (TPSA) is 39.5 Å². The number of hydrogen-bond acceptors (Lipinski definition) is 2. The summed E-state index contributed by atoms with van der Waals surface area (Å²) >= 11 is 0. The molecular weight excluding hydrogens is 322 g/mol. The highest BCUT2D eigenvalue weighted by Gasteiger charge is 2.38. The van der Waals surface area contributed by atoms with Gasteiger partial charge >= 0.3 is 0 Å². The van der Waals surface area contributed by atoms with Crippen LogP contribution in [0.2, 0.25) is 0 Å². The van der Waals surface area contributed by atoms with Gasteiger partial charge in [-0.25, -0.2) is 4.57 Å². The number of nitrogens with zero attached hydrogens (tertiary/aromatic N) is 5. The van der Waals surface area contributed by atoms with Crippen molar-refractivity contribution in [3.05, 3.63) is 72.8 Å². The van der Waals surface area contributed by atoms with Crippen molar-refractivity contribution in [1.29, 1.82) is 0 Å². The van der Waals surface area contributed by atoms with E-state index in [0.717, 1.165) is 33.7 Å². The average Bonchev–Trinajstić information content (AvgIpc) is 3.34. The summed E-state index contributed by atoms with van der Waals surface area (Å²) in [7, 11) is 0. The average molecular weight is 341 g/mol. The van der Waals surface area contributed by atoms with Gasteiger partial charge in [0.05, 0.1) is 22.2 Å². The van der Waals surface area contributed by atoms with Gasteiger partial charge in [0.25, 0.3) is 11.5 Å². The predicted molar refractivity (Wildman–Crippen MR) is 100 cm³/mol. The third-order valence-corrected chi connectivity index (χ3v) is 5.12. The lowest BCUT2D eigenvalue weighted by molar-refractivity contribution is -0.645. The Bertz CT molecular complexity index is 1410. The zero-order valence-corrected chi connectivity index (χ0v) is 13.8. The summed E-state index contributed by atoms with van der Waals surface area (Å²) in [5, 5.41) is 0.822. The van der Waals surface area contributed by atoms with Crippen molar-refractivity contribution in [3.63, 3.8) is 0 Å². The van der Waals surface area contributed by atoms with Gasteiger partial charge in [-0.05, 0) is 30.3 Å². The van der Waals surface area contributed by atoms with E-state index in [1.165, 1.54) is 4.57 Å². The second-order valence-electron chi connectivity index (χ2n) is 6.48. The third kappa shape index (κ3) is 1.57. The molecule has 1 aliphatic rings. The van der Waals surface area contributed by atoms with E-state index >= 15 is 0 Å². The summed E-state index contributed by atoms with van der Waals surface area (Å²) in [6, 6.07) is 15.6. The number of para-hydroxylation sites is 1. The third-order valence-electron chi connectivity index (χ3n) is 5.12. The van der Waals surface area contributed by atoms with Gasteiger partial charge in [0.15, 0.2) is 0 Å². The van der Waals surface area contributed by atoms with Crippen LogP contribution < -0.4 is 4.57 Å². The highest BCUT2D eigenvalue weighted by Crippen LogP contribution is 2.36. The molecule has 1 aliphatic heterocycles. The van der Waals surface area contributed by atoms with Crippen LogP contribution in [0.25, 0.3) is 39.1 Å². The molecule has 0 spiro atoms. The monoisotopic (exact) mass is 341 g/mol. The van der Waals surface area contributed by atoms with Crippen LogP contribution >= 0.6 is 0 Å². The highest BCUT2D eigenvalue weighted by molar-refractivity contribution is 6.03. The van der Waals surface area contributed by atoms with Crippen LogP contribution in [-0.4, -0.2) is 19.1 Å². The van der Waals surface area contributed by atoms with Gasteiger partial charge < -0.3 is 4.57 Å². The molecule has 6 rings (SSSR count). The summed E-state index contributed by atoms with van der Waals surface area (Å²) < 4.78 is 30.4. The minimum absolute atomic E-state index is 0.594. The Hall–Kier alpha value is -3.47. The van der Waals surface area contributed by atoms with Gasteiger partial charge in [-0.2, -0.15) is 4.57 Å². The number of aryl methyl sites for hydroxylation is 1. The zero-order valence-electron chi connectivity index (χ0n) is 16.8. The second-order valence-corrected chi connectivity index (χ2v) is 6.48. The molecule has 0 aliphatic carbocycles. The molecule has 0 saturated carbocycles. The molecule has 1 aromatic carbocycles. The van der Waals surface area contributed by atoms with E-state index in [-0.39, 0.29) is 0 Å².